The van der Waals surface area contributed by atoms with Gasteiger partial charge in [-0.25, -0.2) is 0 Å². The van der Waals surface area contributed by atoms with Gasteiger partial charge in [0, 0.05) is 38.3 Å². The van der Waals surface area contributed by atoms with E-state index < -0.39 is 0 Å². The van der Waals surface area contributed by atoms with Crippen molar-refractivity contribution in [3.8, 4) is 0 Å². The van der Waals surface area contributed by atoms with E-state index in [0.717, 1.165) is 25.2 Å². The smallest absolute Gasteiger partial charge is 0.221 e. The third kappa shape index (κ3) is 3.28. The van der Waals surface area contributed by atoms with Crippen molar-refractivity contribution < 1.29 is 4.79 Å². The van der Waals surface area contributed by atoms with Crippen molar-refractivity contribution in [1.29, 1.82) is 0 Å². The van der Waals surface area contributed by atoms with Gasteiger partial charge in [0.05, 0.1) is 0 Å². The molecule has 22 heavy (non-hydrogen) atoms. The van der Waals surface area contributed by atoms with Crippen LogP contribution in [0.15, 0.2) is 41.4 Å². The third-order valence-corrected chi connectivity index (χ3v) is 4.39. The van der Waals surface area contributed by atoms with Crippen molar-refractivity contribution in [1.82, 2.24) is 4.90 Å². The number of carbonyl (C=O) groups excluding carboxylic acids is 1. The first-order valence-corrected chi connectivity index (χ1v) is 8.03. The highest BCUT2D eigenvalue weighted by Crippen LogP contribution is 2.30. The standard InChI is InChI=1S/C18H23N3O/c1-15(22)20-17-8-6-16(7-9-17)14-18(10-5-11-19-18)21-12-3-2-4-13-21/h5-11H,2-4,12-14H2,1H3,(H,20,22). The molecular formula is C18H23N3O. The molecule has 0 aromatic heterocycles. The van der Waals surface area contributed by atoms with Crippen molar-refractivity contribution >= 4 is 17.8 Å². The number of likely N-dealkylation sites (tertiary alicyclic amines) is 1. The Morgan fingerprint density at radius 3 is 2.55 bits per heavy atom. The van der Waals surface area contributed by atoms with Crippen molar-refractivity contribution in [3.63, 3.8) is 0 Å². The van der Waals surface area contributed by atoms with Crippen LogP contribution in [0.3, 0.4) is 0 Å². The molecule has 1 saturated heterocycles. The zero-order valence-corrected chi connectivity index (χ0v) is 13.1. The minimum Gasteiger partial charge on any atom is -0.326 e. The predicted octanol–water partition coefficient (Wildman–Crippen LogP) is 3.01. The van der Waals surface area contributed by atoms with Crippen LogP contribution in [0.5, 0.6) is 0 Å². The van der Waals surface area contributed by atoms with Crippen LogP contribution in [-0.4, -0.2) is 35.8 Å². The number of allylic oxidation sites excluding steroid dienone is 1. The number of hydrogen-bond acceptors (Lipinski definition) is 3. The highest BCUT2D eigenvalue weighted by atomic mass is 16.1. The van der Waals surface area contributed by atoms with Crippen LogP contribution in [0.25, 0.3) is 0 Å². The van der Waals surface area contributed by atoms with Gasteiger partial charge in [-0.05, 0) is 42.7 Å². The summed E-state index contributed by atoms with van der Waals surface area (Å²) in [6.07, 6.45) is 10.9. The quantitative estimate of drug-likeness (QED) is 0.928. The minimum absolute atomic E-state index is 0.0409. The lowest BCUT2D eigenvalue weighted by atomic mass is 9.96. The average Bonchev–Trinajstić information content (AvgIpc) is 2.99. The molecular weight excluding hydrogens is 274 g/mol. The molecule has 1 atom stereocenters. The van der Waals surface area contributed by atoms with Crippen LogP contribution < -0.4 is 5.32 Å². The van der Waals surface area contributed by atoms with E-state index in [0.29, 0.717) is 0 Å². The van der Waals surface area contributed by atoms with E-state index in [9.17, 15) is 4.79 Å². The lowest BCUT2D eigenvalue weighted by molar-refractivity contribution is -0.114. The molecule has 1 amide bonds. The first kappa shape index (κ1) is 15.0. The second-order valence-corrected chi connectivity index (χ2v) is 6.12. The van der Waals surface area contributed by atoms with Gasteiger partial charge in [-0.2, -0.15) is 0 Å². The van der Waals surface area contributed by atoms with Crippen molar-refractivity contribution in [2.45, 2.75) is 38.3 Å². The zero-order chi connectivity index (χ0) is 15.4. The van der Waals surface area contributed by atoms with Gasteiger partial charge >= 0.3 is 0 Å². The Balaban J connectivity index is 1.75. The van der Waals surface area contributed by atoms with Gasteiger partial charge in [0.2, 0.25) is 5.91 Å². The van der Waals surface area contributed by atoms with Gasteiger partial charge in [0.25, 0.3) is 0 Å². The summed E-state index contributed by atoms with van der Waals surface area (Å²) in [5.41, 5.74) is 1.87. The normalized spacial score (nSPS) is 24.6. The largest absolute Gasteiger partial charge is 0.326 e. The number of anilines is 1. The molecule has 3 rings (SSSR count). The Hall–Kier alpha value is -1.94. The molecule has 4 nitrogen and oxygen atoms in total. The molecule has 2 heterocycles. The first-order valence-electron chi connectivity index (χ1n) is 8.03. The number of amides is 1. The maximum Gasteiger partial charge on any atom is 0.221 e. The van der Waals surface area contributed by atoms with Gasteiger partial charge in [-0.3, -0.25) is 14.7 Å². The van der Waals surface area contributed by atoms with E-state index in [4.69, 9.17) is 4.99 Å². The highest BCUT2D eigenvalue weighted by molar-refractivity contribution is 5.88. The molecule has 116 valence electrons. The molecule has 0 spiro atoms. The molecule has 1 aromatic carbocycles. The molecule has 0 bridgehead atoms. The molecule has 0 radical (unpaired) electrons. The Labute approximate surface area is 131 Å². The van der Waals surface area contributed by atoms with Gasteiger partial charge in [-0.15, -0.1) is 0 Å². The highest BCUT2D eigenvalue weighted by Gasteiger charge is 2.35. The summed E-state index contributed by atoms with van der Waals surface area (Å²) < 4.78 is 0. The van der Waals surface area contributed by atoms with Gasteiger partial charge in [0.1, 0.15) is 5.66 Å². The average molecular weight is 297 g/mol. The molecule has 1 N–H and O–H groups in total. The van der Waals surface area contributed by atoms with Crippen LogP contribution >= 0.6 is 0 Å². The molecule has 1 fully saturated rings. The summed E-state index contributed by atoms with van der Waals surface area (Å²) in [5.74, 6) is -0.0409. The SMILES string of the molecule is CC(=O)Nc1ccc(CC2(N3CCCCC3)C=CC=N2)cc1. The molecule has 0 saturated carbocycles. The number of rotatable bonds is 4. The van der Waals surface area contributed by atoms with E-state index >= 15 is 0 Å². The fraction of sp³-hybridized carbons (Fsp3) is 0.444. The number of hydrogen-bond donors (Lipinski definition) is 1. The number of benzene rings is 1. The molecule has 2 aliphatic rings. The van der Waals surface area contributed by atoms with Crippen LogP contribution in [0.2, 0.25) is 0 Å². The van der Waals surface area contributed by atoms with E-state index in [1.807, 2.05) is 18.3 Å². The third-order valence-electron chi connectivity index (χ3n) is 4.39. The fourth-order valence-electron chi connectivity index (χ4n) is 3.31. The second-order valence-electron chi connectivity index (χ2n) is 6.12. The Bertz CT molecular complexity index is 571. The Morgan fingerprint density at radius 2 is 1.95 bits per heavy atom. The number of nitrogens with zero attached hydrogens (tertiary/aromatic N) is 2. The van der Waals surface area contributed by atoms with Crippen molar-refractivity contribution in [2.24, 2.45) is 4.99 Å². The maximum absolute atomic E-state index is 11.1. The van der Waals surface area contributed by atoms with Crippen LogP contribution in [0.1, 0.15) is 31.7 Å². The van der Waals surface area contributed by atoms with Gasteiger partial charge in [0.15, 0.2) is 0 Å². The summed E-state index contributed by atoms with van der Waals surface area (Å²) >= 11 is 0. The number of carbonyl (C=O) groups is 1. The van der Waals surface area contributed by atoms with E-state index in [2.05, 4.69) is 34.5 Å². The maximum atomic E-state index is 11.1. The van der Waals surface area contributed by atoms with Gasteiger partial charge < -0.3 is 5.32 Å². The van der Waals surface area contributed by atoms with Crippen LogP contribution in [-0.2, 0) is 11.2 Å². The molecule has 1 unspecified atom stereocenters. The summed E-state index contributed by atoms with van der Waals surface area (Å²) in [4.78, 5) is 18.4. The number of nitrogens with one attached hydrogen (secondary N) is 1. The van der Waals surface area contributed by atoms with Crippen molar-refractivity contribution in [2.75, 3.05) is 18.4 Å². The summed E-state index contributed by atoms with van der Waals surface area (Å²) in [6, 6.07) is 8.09. The summed E-state index contributed by atoms with van der Waals surface area (Å²) in [7, 11) is 0. The monoisotopic (exact) mass is 297 g/mol. The van der Waals surface area contributed by atoms with Crippen LogP contribution in [0.4, 0.5) is 5.69 Å². The summed E-state index contributed by atoms with van der Waals surface area (Å²) in [5, 5.41) is 2.81. The van der Waals surface area contributed by atoms with Crippen molar-refractivity contribution in [3.05, 3.63) is 42.0 Å². The summed E-state index contributed by atoms with van der Waals surface area (Å²) in [6.45, 7) is 3.76. The Kier molecular flexibility index (Phi) is 4.39. The van der Waals surface area contributed by atoms with E-state index in [1.54, 1.807) is 0 Å². The van der Waals surface area contributed by atoms with Crippen LogP contribution in [0, 0.1) is 0 Å². The fourth-order valence-corrected chi connectivity index (χ4v) is 3.31. The first-order chi connectivity index (χ1) is 10.7. The number of aliphatic imine (C=N–C) groups is 1. The topological polar surface area (TPSA) is 44.7 Å². The van der Waals surface area contributed by atoms with Gasteiger partial charge in [-0.1, -0.05) is 18.6 Å². The lowest BCUT2D eigenvalue weighted by Gasteiger charge is -2.40. The molecule has 1 aromatic rings. The zero-order valence-electron chi connectivity index (χ0n) is 13.1. The minimum atomic E-state index is -0.212. The molecule has 0 aliphatic carbocycles. The number of piperidine rings is 1. The Morgan fingerprint density at radius 1 is 1.23 bits per heavy atom. The van der Waals surface area contributed by atoms with E-state index in [-0.39, 0.29) is 11.6 Å². The van der Waals surface area contributed by atoms with E-state index in [1.165, 1.54) is 31.7 Å². The second kappa shape index (κ2) is 6.44. The lowest BCUT2D eigenvalue weighted by Crippen LogP contribution is -2.49. The predicted molar refractivity (Wildman–Crippen MR) is 90.2 cm³/mol. The molecule has 2 aliphatic heterocycles. The molecule has 4 heteroatoms.